The second kappa shape index (κ2) is 5.76. The average Bonchev–Trinajstić information content (AvgIpc) is 2.87. The number of likely N-dealkylation sites (tertiary alicyclic amines) is 1. The van der Waals surface area contributed by atoms with Crippen molar-refractivity contribution < 1.29 is 13.9 Å². The monoisotopic (exact) mass is 291 g/mol. The summed E-state index contributed by atoms with van der Waals surface area (Å²) >= 11 is 0. The predicted molar refractivity (Wildman–Crippen MR) is 78.3 cm³/mol. The van der Waals surface area contributed by atoms with Gasteiger partial charge in [0.25, 0.3) is 0 Å². The number of rotatable bonds is 2. The molecule has 3 nitrogen and oxygen atoms in total. The van der Waals surface area contributed by atoms with Crippen molar-refractivity contribution in [3.05, 3.63) is 35.1 Å². The summed E-state index contributed by atoms with van der Waals surface area (Å²) in [6.07, 6.45) is 4.41. The van der Waals surface area contributed by atoms with Crippen molar-refractivity contribution in [1.82, 2.24) is 4.90 Å². The summed E-state index contributed by atoms with van der Waals surface area (Å²) in [5.74, 6) is -0.0838. The molecule has 0 aromatic heterocycles. The van der Waals surface area contributed by atoms with Gasteiger partial charge in [-0.05, 0) is 55.9 Å². The van der Waals surface area contributed by atoms with E-state index in [-0.39, 0.29) is 17.3 Å². The molecule has 0 radical (unpaired) electrons. The van der Waals surface area contributed by atoms with Gasteiger partial charge in [0.2, 0.25) is 5.91 Å². The number of benzene rings is 1. The fraction of sp³-hybridized carbons (Fsp3) is 0.588. The van der Waals surface area contributed by atoms with Crippen LogP contribution < -0.4 is 0 Å². The molecule has 2 aliphatic rings. The summed E-state index contributed by atoms with van der Waals surface area (Å²) in [5.41, 5.74) is 1.84. The summed E-state index contributed by atoms with van der Waals surface area (Å²) in [4.78, 5) is 14.2. The van der Waals surface area contributed by atoms with Crippen LogP contribution in [0, 0.1) is 12.7 Å². The van der Waals surface area contributed by atoms with Crippen LogP contribution in [-0.4, -0.2) is 29.6 Å². The van der Waals surface area contributed by atoms with Crippen molar-refractivity contribution >= 4 is 5.91 Å². The molecule has 0 bridgehead atoms. The number of hydrogen-bond donors (Lipinski definition) is 0. The van der Waals surface area contributed by atoms with E-state index < -0.39 is 0 Å². The summed E-state index contributed by atoms with van der Waals surface area (Å²) < 4.78 is 19.3. The van der Waals surface area contributed by atoms with Crippen LogP contribution in [0.25, 0.3) is 0 Å². The van der Waals surface area contributed by atoms with E-state index in [1.54, 1.807) is 6.07 Å². The number of carbonyl (C=O) groups excluding carboxylic acids is 1. The molecule has 2 aliphatic heterocycles. The first-order valence-electron chi connectivity index (χ1n) is 7.75. The van der Waals surface area contributed by atoms with Crippen molar-refractivity contribution in [3.8, 4) is 0 Å². The SMILES string of the molecule is Cc1ccc(F)cc1CN1CCC2(CCCO2)CCC1=O. The van der Waals surface area contributed by atoms with Crippen LogP contribution in [-0.2, 0) is 16.1 Å². The van der Waals surface area contributed by atoms with Crippen LogP contribution in [0.2, 0.25) is 0 Å². The van der Waals surface area contributed by atoms with Gasteiger partial charge in [-0.25, -0.2) is 4.39 Å². The van der Waals surface area contributed by atoms with Crippen LogP contribution in [0.4, 0.5) is 4.39 Å². The molecule has 2 saturated heterocycles. The molecule has 3 rings (SSSR count). The Hall–Kier alpha value is -1.42. The van der Waals surface area contributed by atoms with Gasteiger partial charge in [0.1, 0.15) is 5.82 Å². The Balaban J connectivity index is 1.73. The Kier molecular flexibility index (Phi) is 3.98. The maximum Gasteiger partial charge on any atom is 0.222 e. The maximum absolute atomic E-state index is 13.4. The highest BCUT2D eigenvalue weighted by Crippen LogP contribution is 2.36. The number of carbonyl (C=O) groups is 1. The molecule has 1 amide bonds. The Labute approximate surface area is 125 Å². The number of halogens is 1. The van der Waals surface area contributed by atoms with Crippen molar-refractivity contribution in [1.29, 1.82) is 0 Å². The van der Waals surface area contributed by atoms with Gasteiger partial charge in [-0.3, -0.25) is 4.79 Å². The van der Waals surface area contributed by atoms with E-state index in [2.05, 4.69) is 0 Å². The molecule has 1 spiro atoms. The van der Waals surface area contributed by atoms with Gasteiger partial charge in [0.15, 0.2) is 0 Å². The van der Waals surface area contributed by atoms with Gasteiger partial charge in [-0.1, -0.05) is 6.07 Å². The third-order valence-electron chi connectivity index (χ3n) is 4.84. The molecule has 114 valence electrons. The Morgan fingerprint density at radius 1 is 1.33 bits per heavy atom. The highest BCUT2D eigenvalue weighted by Gasteiger charge is 2.38. The molecule has 1 aromatic rings. The third kappa shape index (κ3) is 3.10. The molecule has 0 N–H and O–H groups in total. The first-order chi connectivity index (χ1) is 10.1. The zero-order valence-corrected chi connectivity index (χ0v) is 12.5. The van der Waals surface area contributed by atoms with Crippen molar-refractivity contribution in [2.75, 3.05) is 13.2 Å². The third-order valence-corrected chi connectivity index (χ3v) is 4.84. The summed E-state index contributed by atoms with van der Waals surface area (Å²) in [6.45, 7) is 3.98. The van der Waals surface area contributed by atoms with Crippen LogP contribution in [0.3, 0.4) is 0 Å². The van der Waals surface area contributed by atoms with Gasteiger partial charge in [0.05, 0.1) is 5.60 Å². The molecule has 1 unspecified atom stereocenters. The van der Waals surface area contributed by atoms with Crippen molar-refractivity contribution in [2.45, 2.75) is 51.2 Å². The van der Waals surface area contributed by atoms with E-state index in [0.717, 1.165) is 43.4 Å². The van der Waals surface area contributed by atoms with E-state index in [9.17, 15) is 9.18 Å². The molecule has 1 aromatic carbocycles. The predicted octanol–water partition coefficient (Wildman–Crippen LogP) is 3.20. The van der Waals surface area contributed by atoms with Crippen molar-refractivity contribution in [2.24, 2.45) is 0 Å². The lowest BCUT2D eigenvalue weighted by atomic mass is 9.92. The first-order valence-corrected chi connectivity index (χ1v) is 7.75. The van der Waals surface area contributed by atoms with Crippen LogP contribution >= 0.6 is 0 Å². The fourth-order valence-corrected chi connectivity index (χ4v) is 3.41. The minimum atomic E-state index is -0.242. The number of ether oxygens (including phenoxy) is 1. The normalized spacial score (nSPS) is 26.4. The minimum absolute atomic E-state index is 0.0820. The molecular formula is C17H22FNO2. The zero-order valence-electron chi connectivity index (χ0n) is 12.5. The van der Waals surface area contributed by atoms with E-state index in [1.807, 2.05) is 11.8 Å². The minimum Gasteiger partial charge on any atom is -0.375 e. The van der Waals surface area contributed by atoms with E-state index in [0.29, 0.717) is 19.5 Å². The Morgan fingerprint density at radius 3 is 2.95 bits per heavy atom. The van der Waals surface area contributed by atoms with Crippen molar-refractivity contribution in [3.63, 3.8) is 0 Å². The molecule has 0 saturated carbocycles. The van der Waals surface area contributed by atoms with Gasteiger partial charge in [-0.15, -0.1) is 0 Å². The molecule has 0 aliphatic carbocycles. The van der Waals surface area contributed by atoms with Gasteiger partial charge in [0, 0.05) is 26.1 Å². The van der Waals surface area contributed by atoms with E-state index in [4.69, 9.17) is 4.74 Å². The lowest BCUT2D eigenvalue weighted by molar-refractivity contribution is -0.131. The van der Waals surface area contributed by atoms with Crippen LogP contribution in [0.15, 0.2) is 18.2 Å². The first kappa shape index (κ1) is 14.5. The molecule has 21 heavy (non-hydrogen) atoms. The Bertz CT molecular complexity index is 538. The molecular weight excluding hydrogens is 269 g/mol. The topological polar surface area (TPSA) is 29.5 Å². The largest absolute Gasteiger partial charge is 0.375 e. The van der Waals surface area contributed by atoms with Gasteiger partial charge >= 0.3 is 0 Å². The smallest absolute Gasteiger partial charge is 0.222 e. The average molecular weight is 291 g/mol. The number of nitrogens with zero attached hydrogens (tertiary/aromatic N) is 1. The number of aryl methyl sites for hydroxylation is 1. The van der Waals surface area contributed by atoms with Crippen LogP contribution in [0.5, 0.6) is 0 Å². The maximum atomic E-state index is 13.4. The second-order valence-electron chi connectivity index (χ2n) is 6.27. The summed E-state index contributed by atoms with van der Waals surface area (Å²) in [6, 6.07) is 4.77. The molecule has 2 heterocycles. The zero-order chi connectivity index (χ0) is 14.9. The van der Waals surface area contributed by atoms with Gasteiger partial charge < -0.3 is 9.64 Å². The lowest BCUT2D eigenvalue weighted by Gasteiger charge is -2.27. The van der Waals surface area contributed by atoms with E-state index >= 15 is 0 Å². The lowest BCUT2D eigenvalue weighted by Crippen LogP contribution is -2.32. The van der Waals surface area contributed by atoms with E-state index in [1.165, 1.54) is 12.1 Å². The fourth-order valence-electron chi connectivity index (χ4n) is 3.41. The summed E-state index contributed by atoms with van der Waals surface area (Å²) in [7, 11) is 0. The molecule has 2 fully saturated rings. The second-order valence-corrected chi connectivity index (χ2v) is 6.27. The van der Waals surface area contributed by atoms with Gasteiger partial charge in [-0.2, -0.15) is 0 Å². The number of amides is 1. The van der Waals surface area contributed by atoms with Crippen LogP contribution in [0.1, 0.15) is 43.2 Å². The quantitative estimate of drug-likeness (QED) is 0.837. The highest BCUT2D eigenvalue weighted by molar-refractivity contribution is 5.76. The Morgan fingerprint density at radius 2 is 2.19 bits per heavy atom. The number of hydrogen-bond acceptors (Lipinski definition) is 2. The molecule has 4 heteroatoms. The summed E-state index contributed by atoms with van der Waals surface area (Å²) in [5, 5.41) is 0. The highest BCUT2D eigenvalue weighted by atomic mass is 19.1. The standard InChI is InChI=1S/C17H22FNO2/c1-13-3-4-15(18)11-14(13)12-19-9-8-17(6-2-10-21-17)7-5-16(19)20/h3-4,11H,2,5-10,12H2,1H3. The molecule has 1 atom stereocenters.